The maximum absolute atomic E-state index is 6.51. The van der Waals surface area contributed by atoms with E-state index >= 15 is 0 Å². The van der Waals surface area contributed by atoms with Gasteiger partial charge in [0.2, 0.25) is 0 Å². The Labute approximate surface area is 121 Å². The third-order valence-corrected chi connectivity index (χ3v) is 4.92. The van der Waals surface area contributed by atoms with Crippen LogP contribution < -0.4 is 10.5 Å². The van der Waals surface area contributed by atoms with E-state index in [1.165, 1.54) is 0 Å². The van der Waals surface area contributed by atoms with Crippen LogP contribution in [0.1, 0.15) is 25.5 Å². The van der Waals surface area contributed by atoms with Crippen LogP contribution in [0, 0.1) is 0 Å². The van der Waals surface area contributed by atoms with E-state index in [0.29, 0.717) is 6.61 Å². The highest BCUT2D eigenvalue weighted by Crippen LogP contribution is 2.34. The standard InChI is InChI=1S/C16H25N3O/c1-16(2)11-19(9-8-18(16)3)13-10-20-14-7-5-4-6-12(14)15(13)17/h4-7,13,15H,8-11,17H2,1-3H3. The Hall–Kier alpha value is -1.10. The number of benzene rings is 1. The van der Waals surface area contributed by atoms with Crippen LogP contribution in [0.15, 0.2) is 24.3 Å². The fourth-order valence-corrected chi connectivity index (χ4v) is 3.27. The summed E-state index contributed by atoms with van der Waals surface area (Å²) in [5, 5.41) is 0. The summed E-state index contributed by atoms with van der Waals surface area (Å²) in [6.07, 6.45) is 0. The predicted molar refractivity (Wildman–Crippen MR) is 80.9 cm³/mol. The molecule has 20 heavy (non-hydrogen) atoms. The molecule has 110 valence electrons. The number of para-hydroxylation sites is 1. The van der Waals surface area contributed by atoms with E-state index in [1.807, 2.05) is 18.2 Å². The molecule has 0 bridgehead atoms. The van der Waals surface area contributed by atoms with E-state index in [4.69, 9.17) is 10.5 Å². The van der Waals surface area contributed by atoms with E-state index in [2.05, 4.69) is 36.8 Å². The smallest absolute Gasteiger partial charge is 0.124 e. The van der Waals surface area contributed by atoms with Crippen molar-refractivity contribution in [3.05, 3.63) is 29.8 Å². The van der Waals surface area contributed by atoms with Gasteiger partial charge in [-0.25, -0.2) is 0 Å². The van der Waals surface area contributed by atoms with Crippen molar-refractivity contribution in [1.29, 1.82) is 0 Å². The van der Waals surface area contributed by atoms with E-state index < -0.39 is 0 Å². The van der Waals surface area contributed by atoms with Crippen LogP contribution >= 0.6 is 0 Å². The molecule has 2 atom stereocenters. The second-order valence-electron chi connectivity index (χ2n) is 6.65. The summed E-state index contributed by atoms with van der Waals surface area (Å²) < 4.78 is 5.92. The Morgan fingerprint density at radius 3 is 2.75 bits per heavy atom. The predicted octanol–water partition coefficient (Wildman–Crippen LogP) is 1.47. The average molecular weight is 275 g/mol. The molecule has 0 spiro atoms. The van der Waals surface area contributed by atoms with Gasteiger partial charge in [0.25, 0.3) is 0 Å². The number of hydrogen-bond acceptors (Lipinski definition) is 4. The molecule has 0 aliphatic carbocycles. The highest BCUT2D eigenvalue weighted by molar-refractivity contribution is 5.38. The summed E-state index contributed by atoms with van der Waals surface area (Å²) in [5.74, 6) is 0.949. The minimum Gasteiger partial charge on any atom is -0.492 e. The van der Waals surface area contributed by atoms with Crippen LogP contribution in [0.25, 0.3) is 0 Å². The molecule has 0 aromatic heterocycles. The van der Waals surface area contributed by atoms with Crippen molar-refractivity contribution in [2.45, 2.75) is 31.5 Å². The van der Waals surface area contributed by atoms with Gasteiger partial charge in [0.05, 0.1) is 12.1 Å². The molecule has 2 unspecified atom stereocenters. The maximum Gasteiger partial charge on any atom is 0.124 e. The lowest BCUT2D eigenvalue weighted by atomic mass is 9.92. The molecule has 2 heterocycles. The van der Waals surface area contributed by atoms with Gasteiger partial charge in [-0.1, -0.05) is 18.2 Å². The molecule has 1 saturated heterocycles. The van der Waals surface area contributed by atoms with Crippen LogP contribution in [-0.4, -0.2) is 54.7 Å². The first-order chi connectivity index (χ1) is 9.49. The van der Waals surface area contributed by atoms with Gasteiger partial charge < -0.3 is 10.5 Å². The minimum absolute atomic E-state index is 0.0409. The first-order valence-electron chi connectivity index (χ1n) is 7.41. The van der Waals surface area contributed by atoms with Gasteiger partial charge in [-0.05, 0) is 27.0 Å². The largest absolute Gasteiger partial charge is 0.492 e. The van der Waals surface area contributed by atoms with Gasteiger partial charge in [0.15, 0.2) is 0 Å². The van der Waals surface area contributed by atoms with E-state index in [0.717, 1.165) is 30.9 Å². The molecule has 4 heteroatoms. The number of nitrogens with two attached hydrogens (primary N) is 1. The molecule has 1 aromatic carbocycles. The first-order valence-corrected chi connectivity index (χ1v) is 7.41. The molecule has 2 aliphatic heterocycles. The van der Waals surface area contributed by atoms with Crippen molar-refractivity contribution in [2.24, 2.45) is 5.73 Å². The van der Waals surface area contributed by atoms with E-state index in [-0.39, 0.29) is 17.6 Å². The van der Waals surface area contributed by atoms with Crippen molar-refractivity contribution >= 4 is 0 Å². The zero-order valence-corrected chi connectivity index (χ0v) is 12.7. The molecular formula is C16H25N3O. The molecule has 3 rings (SSSR count). The average Bonchev–Trinajstić information content (AvgIpc) is 2.43. The molecule has 4 nitrogen and oxygen atoms in total. The van der Waals surface area contributed by atoms with Gasteiger partial charge >= 0.3 is 0 Å². The van der Waals surface area contributed by atoms with Gasteiger partial charge in [0.1, 0.15) is 12.4 Å². The molecule has 2 N–H and O–H groups in total. The fourth-order valence-electron chi connectivity index (χ4n) is 3.27. The normalized spacial score (nSPS) is 30.6. The van der Waals surface area contributed by atoms with Crippen molar-refractivity contribution in [1.82, 2.24) is 9.80 Å². The fraction of sp³-hybridized carbons (Fsp3) is 0.625. The highest BCUT2D eigenvalue weighted by Gasteiger charge is 2.38. The highest BCUT2D eigenvalue weighted by atomic mass is 16.5. The summed E-state index contributed by atoms with van der Waals surface area (Å²) in [4.78, 5) is 4.92. The number of ether oxygens (including phenoxy) is 1. The molecule has 1 fully saturated rings. The third-order valence-electron chi connectivity index (χ3n) is 4.92. The molecule has 0 radical (unpaired) electrons. The van der Waals surface area contributed by atoms with E-state index in [1.54, 1.807) is 0 Å². The Morgan fingerprint density at radius 2 is 2.00 bits per heavy atom. The van der Waals surface area contributed by atoms with E-state index in [9.17, 15) is 0 Å². The number of hydrogen-bond donors (Lipinski definition) is 1. The molecule has 1 aromatic rings. The monoisotopic (exact) mass is 275 g/mol. The van der Waals surface area contributed by atoms with Crippen molar-refractivity contribution in [3.63, 3.8) is 0 Å². The summed E-state index contributed by atoms with van der Waals surface area (Å²) >= 11 is 0. The summed E-state index contributed by atoms with van der Waals surface area (Å²) in [6, 6.07) is 8.47. The van der Waals surface area contributed by atoms with Crippen LogP contribution in [-0.2, 0) is 0 Å². The molecular weight excluding hydrogens is 250 g/mol. The zero-order valence-electron chi connectivity index (χ0n) is 12.7. The summed E-state index contributed by atoms with van der Waals surface area (Å²) in [6.45, 7) is 8.46. The second kappa shape index (κ2) is 5.02. The summed E-state index contributed by atoms with van der Waals surface area (Å²) in [7, 11) is 2.20. The molecule has 0 amide bonds. The first kappa shape index (κ1) is 13.9. The molecule has 0 saturated carbocycles. The topological polar surface area (TPSA) is 41.7 Å². The Kier molecular flexibility index (Phi) is 3.48. The minimum atomic E-state index is 0.0409. The number of likely N-dealkylation sites (N-methyl/N-ethyl adjacent to an activating group) is 1. The lowest BCUT2D eigenvalue weighted by molar-refractivity contribution is -0.00690. The Morgan fingerprint density at radius 1 is 1.25 bits per heavy atom. The molecule has 2 aliphatic rings. The number of fused-ring (bicyclic) bond motifs is 1. The number of nitrogens with zero attached hydrogens (tertiary/aromatic N) is 2. The number of piperazine rings is 1. The van der Waals surface area contributed by atoms with Crippen LogP contribution in [0.4, 0.5) is 0 Å². The lowest BCUT2D eigenvalue weighted by Gasteiger charge is -2.49. The van der Waals surface area contributed by atoms with Crippen LogP contribution in [0.3, 0.4) is 0 Å². The summed E-state index contributed by atoms with van der Waals surface area (Å²) in [5.41, 5.74) is 7.84. The number of rotatable bonds is 1. The SMILES string of the molecule is CN1CCN(C2COc3ccccc3C2N)CC1(C)C. The van der Waals surface area contributed by atoms with Gasteiger partial charge in [-0.15, -0.1) is 0 Å². The van der Waals surface area contributed by atoms with Crippen LogP contribution in [0.2, 0.25) is 0 Å². The lowest BCUT2D eigenvalue weighted by Crippen LogP contribution is -2.62. The van der Waals surface area contributed by atoms with Crippen molar-refractivity contribution < 1.29 is 4.74 Å². The van der Waals surface area contributed by atoms with Crippen molar-refractivity contribution in [3.8, 4) is 5.75 Å². The third kappa shape index (κ3) is 2.32. The maximum atomic E-state index is 6.51. The van der Waals surface area contributed by atoms with Gasteiger partial charge in [0, 0.05) is 30.7 Å². The zero-order chi connectivity index (χ0) is 14.3. The second-order valence-corrected chi connectivity index (χ2v) is 6.65. The van der Waals surface area contributed by atoms with Crippen molar-refractivity contribution in [2.75, 3.05) is 33.3 Å². The Balaban J connectivity index is 1.79. The quantitative estimate of drug-likeness (QED) is 0.843. The van der Waals surface area contributed by atoms with Gasteiger partial charge in [-0.3, -0.25) is 9.80 Å². The van der Waals surface area contributed by atoms with Gasteiger partial charge in [-0.2, -0.15) is 0 Å². The Bertz CT molecular complexity index is 488. The van der Waals surface area contributed by atoms with Crippen LogP contribution in [0.5, 0.6) is 5.75 Å².